The van der Waals surface area contributed by atoms with Crippen LogP contribution < -0.4 is 0 Å². The molecular formula is C20H40O. The molecule has 0 aromatic rings. The molecule has 1 nitrogen and oxygen atoms in total. The fourth-order valence-corrected chi connectivity index (χ4v) is 2.76. The predicted molar refractivity (Wildman–Crippen MR) is 95.9 cm³/mol. The molecule has 0 radical (unpaired) electrons. The van der Waals surface area contributed by atoms with Gasteiger partial charge in [-0.2, -0.15) is 0 Å². The van der Waals surface area contributed by atoms with Crippen LogP contribution in [0.4, 0.5) is 0 Å². The predicted octanol–water partition coefficient (Wildman–Crippen LogP) is 6.92. The Balaban J connectivity index is 3.95. The van der Waals surface area contributed by atoms with E-state index < -0.39 is 0 Å². The molecule has 0 aliphatic rings. The maximum Gasteiger partial charge on any atom is 0.0676 e. The van der Waals surface area contributed by atoms with Crippen LogP contribution in [0.2, 0.25) is 0 Å². The Morgan fingerprint density at radius 3 is 1.90 bits per heavy atom. The van der Waals surface area contributed by atoms with Crippen LogP contribution in [-0.2, 0) is 4.74 Å². The van der Waals surface area contributed by atoms with Crippen LogP contribution in [0.1, 0.15) is 97.8 Å². The highest BCUT2D eigenvalue weighted by molar-refractivity contribution is 5.01. The van der Waals surface area contributed by atoms with Gasteiger partial charge in [0, 0.05) is 6.61 Å². The van der Waals surface area contributed by atoms with Gasteiger partial charge in [0.1, 0.15) is 0 Å². The van der Waals surface area contributed by atoms with Gasteiger partial charge in [0.05, 0.1) is 6.61 Å². The Kier molecular flexibility index (Phi) is 15.8. The maximum atomic E-state index is 5.77. The largest absolute Gasteiger partial charge is 0.377 e. The molecule has 0 saturated heterocycles. The summed E-state index contributed by atoms with van der Waals surface area (Å²) in [6.45, 7) is 12.8. The zero-order chi connectivity index (χ0) is 15.8. The van der Waals surface area contributed by atoms with E-state index in [-0.39, 0.29) is 0 Å². The molecule has 0 saturated carbocycles. The van der Waals surface area contributed by atoms with E-state index in [2.05, 4.69) is 27.4 Å². The Hall–Kier alpha value is -0.300. The van der Waals surface area contributed by atoms with Crippen LogP contribution in [0.15, 0.2) is 12.2 Å². The number of hydrogen-bond donors (Lipinski definition) is 0. The highest BCUT2D eigenvalue weighted by Gasteiger charge is 2.12. The first kappa shape index (κ1) is 20.7. The molecule has 0 heterocycles. The maximum absolute atomic E-state index is 5.77. The molecule has 0 amide bonds. The van der Waals surface area contributed by atoms with E-state index in [1.54, 1.807) is 0 Å². The fourth-order valence-electron chi connectivity index (χ4n) is 2.76. The molecule has 0 aromatic heterocycles. The Labute approximate surface area is 134 Å². The molecule has 0 fully saturated rings. The molecule has 21 heavy (non-hydrogen) atoms. The average molecular weight is 297 g/mol. The Morgan fingerprint density at radius 2 is 1.29 bits per heavy atom. The van der Waals surface area contributed by atoms with Gasteiger partial charge in [-0.1, -0.05) is 85.1 Å². The topological polar surface area (TPSA) is 9.23 Å². The first-order valence-electron chi connectivity index (χ1n) is 9.51. The van der Waals surface area contributed by atoms with Gasteiger partial charge in [0.15, 0.2) is 0 Å². The second-order valence-corrected chi connectivity index (χ2v) is 6.46. The van der Waals surface area contributed by atoms with Gasteiger partial charge in [-0.3, -0.25) is 0 Å². The average Bonchev–Trinajstić information content (AvgIpc) is 2.49. The van der Waals surface area contributed by atoms with Crippen LogP contribution in [0.25, 0.3) is 0 Å². The third kappa shape index (κ3) is 13.1. The molecule has 126 valence electrons. The molecule has 0 aliphatic heterocycles. The third-order valence-electron chi connectivity index (χ3n) is 4.32. The van der Waals surface area contributed by atoms with Gasteiger partial charge >= 0.3 is 0 Å². The Morgan fingerprint density at radius 1 is 0.762 bits per heavy atom. The van der Waals surface area contributed by atoms with E-state index >= 15 is 0 Å². The summed E-state index contributed by atoms with van der Waals surface area (Å²) in [6, 6.07) is 0. The molecular weight excluding hydrogens is 256 g/mol. The standard InChI is InChI=1S/C20H40O/c1-5-8-11-12-14-16-20(15-13-9-6-2)19(4)18-21-17-10-7-3/h20H,4-18H2,1-3H3. The smallest absolute Gasteiger partial charge is 0.0676 e. The third-order valence-corrected chi connectivity index (χ3v) is 4.32. The van der Waals surface area contributed by atoms with Crippen LogP contribution in [-0.4, -0.2) is 13.2 Å². The molecule has 0 rings (SSSR count). The zero-order valence-electron chi connectivity index (χ0n) is 15.1. The minimum atomic E-state index is 0.694. The van der Waals surface area contributed by atoms with Gasteiger partial charge in [0.2, 0.25) is 0 Å². The lowest BCUT2D eigenvalue weighted by Crippen LogP contribution is -2.10. The van der Waals surface area contributed by atoms with E-state index in [4.69, 9.17) is 4.74 Å². The molecule has 1 unspecified atom stereocenters. The van der Waals surface area contributed by atoms with Crippen LogP contribution in [0.3, 0.4) is 0 Å². The van der Waals surface area contributed by atoms with Crippen molar-refractivity contribution in [3.8, 4) is 0 Å². The van der Waals surface area contributed by atoms with Gasteiger partial charge in [-0.15, -0.1) is 0 Å². The number of rotatable bonds is 16. The summed E-state index contributed by atoms with van der Waals surface area (Å²) in [5, 5.41) is 0. The summed E-state index contributed by atoms with van der Waals surface area (Å²) in [7, 11) is 0. The van der Waals surface area contributed by atoms with E-state index in [1.165, 1.54) is 82.6 Å². The molecule has 1 heteroatoms. The lowest BCUT2D eigenvalue weighted by atomic mass is 9.89. The second kappa shape index (κ2) is 16.1. The number of hydrogen-bond acceptors (Lipinski definition) is 1. The van der Waals surface area contributed by atoms with E-state index in [0.29, 0.717) is 5.92 Å². The summed E-state index contributed by atoms with van der Waals surface area (Å²) < 4.78 is 5.77. The zero-order valence-corrected chi connectivity index (χ0v) is 15.1. The van der Waals surface area contributed by atoms with Crippen molar-refractivity contribution in [3.63, 3.8) is 0 Å². The number of ether oxygens (including phenoxy) is 1. The second-order valence-electron chi connectivity index (χ2n) is 6.46. The van der Waals surface area contributed by atoms with Crippen molar-refractivity contribution in [2.24, 2.45) is 5.92 Å². The van der Waals surface area contributed by atoms with Crippen molar-refractivity contribution in [3.05, 3.63) is 12.2 Å². The van der Waals surface area contributed by atoms with Gasteiger partial charge in [0.25, 0.3) is 0 Å². The fraction of sp³-hybridized carbons (Fsp3) is 0.900. The SMILES string of the molecule is C=C(COCCCC)C(CCCCC)CCCCCCC. The van der Waals surface area contributed by atoms with Crippen molar-refractivity contribution in [2.45, 2.75) is 97.8 Å². The summed E-state index contributed by atoms with van der Waals surface area (Å²) >= 11 is 0. The van der Waals surface area contributed by atoms with Crippen molar-refractivity contribution in [1.29, 1.82) is 0 Å². The normalized spacial score (nSPS) is 12.5. The highest BCUT2D eigenvalue weighted by Crippen LogP contribution is 2.24. The molecule has 1 atom stereocenters. The van der Waals surface area contributed by atoms with E-state index in [0.717, 1.165) is 13.2 Å². The monoisotopic (exact) mass is 296 g/mol. The molecule has 0 N–H and O–H groups in total. The quantitative estimate of drug-likeness (QED) is 0.222. The minimum absolute atomic E-state index is 0.694. The van der Waals surface area contributed by atoms with Crippen LogP contribution in [0.5, 0.6) is 0 Å². The van der Waals surface area contributed by atoms with Gasteiger partial charge in [-0.25, -0.2) is 0 Å². The first-order chi connectivity index (χ1) is 10.3. The van der Waals surface area contributed by atoms with Crippen LogP contribution >= 0.6 is 0 Å². The van der Waals surface area contributed by atoms with Gasteiger partial charge < -0.3 is 4.74 Å². The van der Waals surface area contributed by atoms with Crippen LogP contribution in [0, 0.1) is 5.92 Å². The summed E-state index contributed by atoms with van der Waals surface area (Å²) in [6.07, 6.45) is 15.9. The minimum Gasteiger partial charge on any atom is -0.377 e. The Bertz CT molecular complexity index is 222. The molecule has 0 aliphatic carbocycles. The highest BCUT2D eigenvalue weighted by atomic mass is 16.5. The lowest BCUT2D eigenvalue weighted by Gasteiger charge is -2.20. The first-order valence-corrected chi connectivity index (χ1v) is 9.51. The van der Waals surface area contributed by atoms with Crippen molar-refractivity contribution >= 4 is 0 Å². The van der Waals surface area contributed by atoms with Crippen molar-refractivity contribution in [1.82, 2.24) is 0 Å². The lowest BCUT2D eigenvalue weighted by molar-refractivity contribution is 0.145. The van der Waals surface area contributed by atoms with Crippen molar-refractivity contribution < 1.29 is 4.74 Å². The molecule has 0 bridgehead atoms. The molecule has 0 aromatic carbocycles. The number of unbranched alkanes of at least 4 members (excludes halogenated alkanes) is 7. The molecule has 0 spiro atoms. The summed E-state index contributed by atoms with van der Waals surface area (Å²) in [5.74, 6) is 0.694. The van der Waals surface area contributed by atoms with E-state index in [9.17, 15) is 0 Å². The van der Waals surface area contributed by atoms with Crippen molar-refractivity contribution in [2.75, 3.05) is 13.2 Å². The summed E-state index contributed by atoms with van der Waals surface area (Å²) in [5.41, 5.74) is 1.35. The van der Waals surface area contributed by atoms with E-state index in [1.807, 2.05) is 0 Å². The van der Waals surface area contributed by atoms with Gasteiger partial charge in [-0.05, 0) is 30.8 Å². The summed E-state index contributed by atoms with van der Waals surface area (Å²) in [4.78, 5) is 0.